The van der Waals surface area contributed by atoms with Crippen LogP contribution in [0.2, 0.25) is 0 Å². The van der Waals surface area contributed by atoms with Crippen molar-refractivity contribution in [2.24, 2.45) is 0 Å². The van der Waals surface area contributed by atoms with Crippen LogP contribution in [-0.2, 0) is 16.0 Å². The third-order valence-corrected chi connectivity index (χ3v) is 4.11. The number of nitrogens with one attached hydrogen (secondary N) is 1. The van der Waals surface area contributed by atoms with Gasteiger partial charge in [-0.25, -0.2) is 0 Å². The molecule has 24 heavy (non-hydrogen) atoms. The highest BCUT2D eigenvalue weighted by molar-refractivity contribution is 6.11. The molecule has 3 amide bonds. The number of imide groups is 1. The Morgan fingerprint density at radius 1 is 1.08 bits per heavy atom. The van der Waals surface area contributed by atoms with Crippen molar-refractivity contribution in [3.63, 3.8) is 0 Å². The predicted octanol–water partition coefficient (Wildman–Crippen LogP) is 2.09. The molecule has 0 fully saturated rings. The number of benzene rings is 2. The second kappa shape index (κ2) is 6.66. The standard InChI is InChI=1S/C19H18N2O3/c1-13(14-7-3-2-4-8-14)20-17(22)12-21-18(23)11-15-9-5-6-10-16(15)19(21)24/h2-10,13H,11-12H2,1H3,(H,20,22)/t13-/m1/s1. The van der Waals surface area contributed by atoms with Crippen molar-refractivity contribution in [1.29, 1.82) is 0 Å². The van der Waals surface area contributed by atoms with Gasteiger partial charge in [-0.15, -0.1) is 0 Å². The van der Waals surface area contributed by atoms with E-state index in [0.717, 1.165) is 10.5 Å². The van der Waals surface area contributed by atoms with Gasteiger partial charge >= 0.3 is 0 Å². The lowest BCUT2D eigenvalue weighted by molar-refractivity contribution is -0.133. The van der Waals surface area contributed by atoms with Gasteiger partial charge in [0.2, 0.25) is 11.8 Å². The summed E-state index contributed by atoms with van der Waals surface area (Å²) in [5.41, 5.74) is 2.16. The number of carbonyl (C=O) groups is 3. The van der Waals surface area contributed by atoms with E-state index in [1.54, 1.807) is 24.3 Å². The quantitative estimate of drug-likeness (QED) is 0.877. The highest BCUT2D eigenvalue weighted by atomic mass is 16.2. The first-order valence-corrected chi connectivity index (χ1v) is 7.83. The Bertz CT molecular complexity index is 786. The van der Waals surface area contributed by atoms with E-state index < -0.39 is 5.91 Å². The summed E-state index contributed by atoms with van der Waals surface area (Å²) in [7, 11) is 0. The molecule has 0 saturated carbocycles. The molecule has 0 radical (unpaired) electrons. The van der Waals surface area contributed by atoms with Crippen molar-refractivity contribution in [1.82, 2.24) is 10.2 Å². The molecule has 0 unspecified atom stereocenters. The lowest BCUT2D eigenvalue weighted by atomic mass is 9.98. The summed E-state index contributed by atoms with van der Waals surface area (Å²) >= 11 is 0. The summed E-state index contributed by atoms with van der Waals surface area (Å²) in [4.78, 5) is 37.9. The molecule has 2 aromatic rings. The zero-order valence-corrected chi connectivity index (χ0v) is 13.4. The summed E-state index contributed by atoms with van der Waals surface area (Å²) < 4.78 is 0. The van der Waals surface area contributed by atoms with Crippen LogP contribution in [0.4, 0.5) is 0 Å². The molecule has 0 bridgehead atoms. The van der Waals surface area contributed by atoms with Crippen LogP contribution in [0.3, 0.4) is 0 Å². The molecule has 1 aliphatic heterocycles. The third kappa shape index (κ3) is 3.20. The number of rotatable bonds is 4. The molecule has 5 heteroatoms. The van der Waals surface area contributed by atoms with Gasteiger partial charge in [0, 0.05) is 5.56 Å². The molecule has 122 valence electrons. The van der Waals surface area contributed by atoms with Gasteiger partial charge in [0.15, 0.2) is 0 Å². The van der Waals surface area contributed by atoms with Crippen LogP contribution in [0, 0.1) is 0 Å². The molecule has 1 atom stereocenters. The van der Waals surface area contributed by atoms with Gasteiger partial charge in [-0.2, -0.15) is 0 Å². The Morgan fingerprint density at radius 3 is 2.50 bits per heavy atom. The number of hydrogen-bond donors (Lipinski definition) is 1. The average Bonchev–Trinajstić information content (AvgIpc) is 2.59. The third-order valence-electron chi connectivity index (χ3n) is 4.11. The van der Waals surface area contributed by atoms with Crippen molar-refractivity contribution < 1.29 is 14.4 Å². The van der Waals surface area contributed by atoms with E-state index in [4.69, 9.17) is 0 Å². The fraction of sp³-hybridized carbons (Fsp3) is 0.211. The minimum Gasteiger partial charge on any atom is -0.348 e. The largest absolute Gasteiger partial charge is 0.348 e. The molecule has 1 aliphatic rings. The minimum atomic E-state index is -0.413. The van der Waals surface area contributed by atoms with E-state index in [0.29, 0.717) is 11.1 Å². The second-order valence-corrected chi connectivity index (χ2v) is 5.82. The summed E-state index contributed by atoms with van der Waals surface area (Å²) in [6, 6.07) is 16.3. The van der Waals surface area contributed by atoms with Crippen LogP contribution in [0.5, 0.6) is 0 Å². The van der Waals surface area contributed by atoms with Crippen molar-refractivity contribution in [3.05, 3.63) is 71.3 Å². The van der Waals surface area contributed by atoms with Gasteiger partial charge in [0.1, 0.15) is 6.54 Å². The molecule has 0 aliphatic carbocycles. The smallest absolute Gasteiger partial charge is 0.261 e. The first kappa shape index (κ1) is 15.9. The van der Waals surface area contributed by atoms with Gasteiger partial charge in [0.25, 0.3) is 5.91 Å². The van der Waals surface area contributed by atoms with Crippen LogP contribution in [0.25, 0.3) is 0 Å². The fourth-order valence-corrected chi connectivity index (χ4v) is 2.82. The van der Waals surface area contributed by atoms with E-state index in [2.05, 4.69) is 5.32 Å². The number of fused-ring (bicyclic) bond motifs is 1. The second-order valence-electron chi connectivity index (χ2n) is 5.82. The molecule has 5 nitrogen and oxygen atoms in total. The highest BCUT2D eigenvalue weighted by Crippen LogP contribution is 2.19. The fourth-order valence-electron chi connectivity index (χ4n) is 2.82. The summed E-state index contributed by atoms with van der Waals surface area (Å²) in [6.45, 7) is 1.60. The van der Waals surface area contributed by atoms with E-state index in [9.17, 15) is 14.4 Å². The van der Waals surface area contributed by atoms with E-state index in [-0.39, 0.29) is 30.8 Å². The Balaban J connectivity index is 1.68. The van der Waals surface area contributed by atoms with Crippen LogP contribution < -0.4 is 5.32 Å². The predicted molar refractivity (Wildman–Crippen MR) is 89.2 cm³/mol. The zero-order valence-electron chi connectivity index (χ0n) is 13.4. The molecule has 1 heterocycles. The molecular formula is C19H18N2O3. The first-order chi connectivity index (χ1) is 11.6. The van der Waals surface area contributed by atoms with E-state index >= 15 is 0 Å². The van der Waals surface area contributed by atoms with Crippen LogP contribution in [-0.4, -0.2) is 29.2 Å². The van der Waals surface area contributed by atoms with E-state index in [1.165, 1.54) is 0 Å². The SMILES string of the molecule is C[C@@H](NC(=O)CN1C(=O)Cc2ccccc2C1=O)c1ccccc1. The molecule has 3 rings (SSSR count). The van der Waals surface area contributed by atoms with Gasteiger partial charge in [-0.05, 0) is 24.1 Å². The first-order valence-electron chi connectivity index (χ1n) is 7.83. The Morgan fingerprint density at radius 2 is 1.75 bits per heavy atom. The Kier molecular flexibility index (Phi) is 4.42. The maximum Gasteiger partial charge on any atom is 0.261 e. The van der Waals surface area contributed by atoms with Crippen molar-refractivity contribution in [3.8, 4) is 0 Å². The number of hydrogen-bond acceptors (Lipinski definition) is 3. The zero-order chi connectivity index (χ0) is 17.1. The van der Waals surface area contributed by atoms with Crippen LogP contribution in [0.15, 0.2) is 54.6 Å². The van der Waals surface area contributed by atoms with Crippen molar-refractivity contribution in [2.75, 3.05) is 6.54 Å². The molecule has 0 saturated heterocycles. The lowest BCUT2D eigenvalue weighted by Crippen LogP contribution is -2.47. The van der Waals surface area contributed by atoms with Crippen LogP contribution >= 0.6 is 0 Å². The molecule has 0 aromatic heterocycles. The highest BCUT2D eigenvalue weighted by Gasteiger charge is 2.32. The maximum absolute atomic E-state index is 12.4. The minimum absolute atomic E-state index is 0.142. The monoisotopic (exact) mass is 322 g/mol. The number of nitrogens with zero attached hydrogens (tertiary/aromatic N) is 1. The van der Waals surface area contributed by atoms with Crippen molar-refractivity contribution >= 4 is 17.7 Å². The number of amides is 3. The molecule has 2 aromatic carbocycles. The maximum atomic E-state index is 12.4. The Labute approximate surface area is 140 Å². The summed E-state index contributed by atoms with van der Waals surface area (Å²) in [5, 5.41) is 2.82. The number of carbonyl (C=O) groups excluding carboxylic acids is 3. The van der Waals surface area contributed by atoms with Crippen LogP contribution in [0.1, 0.15) is 34.5 Å². The van der Waals surface area contributed by atoms with Gasteiger partial charge in [-0.3, -0.25) is 19.3 Å². The topological polar surface area (TPSA) is 66.5 Å². The van der Waals surface area contributed by atoms with Gasteiger partial charge in [-0.1, -0.05) is 48.5 Å². The normalized spacial score (nSPS) is 15.0. The molecule has 1 N–H and O–H groups in total. The summed E-state index contributed by atoms with van der Waals surface area (Å²) in [5.74, 6) is -1.11. The molecular weight excluding hydrogens is 304 g/mol. The summed E-state index contributed by atoms with van der Waals surface area (Å²) in [6.07, 6.45) is 0.142. The van der Waals surface area contributed by atoms with Gasteiger partial charge in [0.05, 0.1) is 12.5 Å². The van der Waals surface area contributed by atoms with E-state index in [1.807, 2.05) is 37.3 Å². The molecule has 0 spiro atoms. The van der Waals surface area contributed by atoms with Crippen molar-refractivity contribution in [2.45, 2.75) is 19.4 Å². The Hall–Kier alpha value is -2.95. The lowest BCUT2D eigenvalue weighted by Gasteiger charge is -2.26. The average molecular weight is 322 g/mol. The van der Waals surface area contributed by atoms with Gasteiger partial charge < -0.3 is 5.32 Å².